The number of hydrogen-bond donors (Lipinski definition) is 2. The summed E-state index contributed by atoms with van der Waals surface area (Å²) in [5.41, 5.74) is -2.16. The minimum atomic E-state index is -4.57. The third-order valence-corrected chi connectivity index (χ3v) is 7.85. The first-order valence-corrected chi connectivity index (χ1v) is 14.4. The average molecular weight is 593 g/mol. The molecule has 1 aliphatic rings. The molecule has 0 bridgehead atoms. The lowest BCUT2D eigenvalue weighted by atomic mass is 9.94. The lowest BCUT2D eigenvalue weighted by Gasteiger charge is -2.26. The third kappa shape index (κ3) is 6.92. The van der Waals surface area contributed by atoms with E-state index in [0.29, 0.717) is 5.82 Å². The summed E-state index contributed by atoms with van der Waals surface area (Å²) < 4.78 is 67.9. The Morgan fingerprint density at radius 3 is 2.73 bits per heavy atom. The van der Waals surface area contributed by atoms with Gasteiger partial charge >= 0.3 is 13.6 Å². The van der Waals surface area contributed by atoms with Gasteiger partial charge in [0.1, 0.15) is 36.0 Å². The molecule has 3 heterocycles. The summed E-state index contributed by atoms with van der Waals surface area (Å²) in [6.45, 7) is 1.98. The largest absolute Gasteiger partial charge is 0.463 e. The van der Waals surface area contributed by atoms with Crippen LogP contribution < -0.4 is 4.52 Å². The molecule has 1 unspecified atom stereocenters. The highest BCUT2D eigenvalue weighted by molar-refractivity contribution is 7.54. The number of aliphatic hydroxyl groups is 2. The molecule has 41 heavy (non-hydrogen) atoms. The molecule has 14 heteroatoms. The highest BCUT2D eigenvalue weighted by Gasteiger charge is 2.56. The average Bonchev–Trinajstić information content (AvgIpc) is 3.45. The van der Waals surface area contributed by atoms with Gasteiger partial charge in [0.05, 0.1) is 40.0 Å². The number of aryl methyl sites for hydroxylation is 1. The van der Waals surface area contributed by atoms with Crippen LogP contribution in [0.1, 0.15) is 35.6 Å². The fraction of sp³-hybridized carbons (Fsp3) is 0.481. The molecule has 1 saturated heterocycles. The maximum absolute atomic E-state index is 14.1. The topological polar surface area (TPSA) is 155 Å². The van der Waals surface area contributed by atoms with Crippen molar-refractivity contribution in [3.8, 4) is 17.6 Å². The van der Waals surface area contributed by atoms with Crippen molar-refractivity contribution in [3.05, 3.63) is 48.7 Å². The molecule has 1 aromatic carbocycles. The van der Waals surface area contributed by atoms with Gasteiger partial charge in [-0.15, -0.1) is 0 Å². The number of alkyl halides is 1. The Bertz CT molecular complexity index is 1570. The second-order valence-electron chi connectivity index (χ2n) is 9.69. The molecule has 6 atom stereocenters. The van der Waals surface area contributed by atoms with Crippen molar-refractivity contribution >= 4 is 24.7 Å². The van der Waals surface area contributed by atoms with Crippen LogP contribution in [-0.4, -0.2) is 79.0 Å². The van der Waals surface area contributed by atoms with Gasteiger partial charge in [-0.25, -0.2) is 23.9 Å². The van der Waals surface area contributed by atoms with Crippen molar-refractivity contribution in [2.45, 2.75) is 57.8 Å². The maximum Gasteiger partial charge on any atom is 0.380 e. The number of aliphatic hydroxyl groups excluding tert-OH is 1. The van der Waals surface area contributed by atoms with E-state index in [9.17, 15) is 24.0 Å². The minimum Gasteiger partial charge on any atom is -0.463 e. The van der Waals surface area contributed by atoms with E-state index in [1.165, 1.54) is 36.1 Å². The fourth-order valence-electron chi connectivity index (χ4n) is 4.08. The highest BCUT2D eigenvalue weighted by atomic mass is 31.2. The Kier molecular flexibility index (Phi) is 8.55. The SMILES string of the molecule is [2H]C([2H])(O[P@@](=O)(C[C@@H](C)C(=O)OC(C)C)Oc1ccccc1)[C@H]1O[C@@H](n2cnc3cnc(C)nc32)C(O)(C#CCF)[C@H]1O. The molecule has 0 spiro atoms. The van der Waals surface area contributed by atoms with Crippen LogP contribution in [0.15, 0.2) is 42.9 Å². The first-order chi connectivity index (χ1) is 20.2. The van der Waals surface area contributed by atoms with Crippen LogP contribution in [0.5, 0.6) is 5.75 Å². The summed E-state index contributed by atoms with van der Waals surface area (Å²) in [7, 11) is -4.57. The summed E-state index contributed by atoms with van der Waals surface area (Å²) >= 11 is 0. The number of aromatic nitrogens is 4. The molecule has 0 radical (unpaired) electrons. The van der Waals surface area contributed by atoms with Crippen molar-refractivity contribution in [1.29, 1.82) is 0 Å². The number of carbonyl (C=O) groups excluding carboxylic acids is 1. The van der Waals surface area contributed by atoms with Crippen LogP contribution in [0, 0.1) is 24.7 Å². The molecule has 1 aliphatic heterocycles. The summed E-state index contributed by atoms with van der Waals surface area (Å²) in [6.07, 6.45) is -4.33. The van der Waals surface area contributed by atoms with Crippen molar-refractivity contribution < 1.29 is 45.2 Å². The van der Waals surface area contributed by atoms with Gasteiger partial charge in [-0.2, -0.15) is 0 Å². The number of carbonyl (C=O) groups is 1. The van der Waals surface area contributed by atoms with Crippen LogP contribution in [0.2, 0.25) is 0 Å². The summed E-state index contributed by atoms with van der Waals surface area (Å²) in [6, 6.07) is 7.76. The molecule has 12 nitrogen and oxygen atoms in total. The normalized spacial score (nSPS) is 25.5. The van der Waals surface area contributed by atoms with Crippen molar-refractivity contribution in [3.63, 3.8) is 0 Å². The van der Waals surface area contributed by atoms with Crippen molar-refractivity contribution in [2.75, 3.05) is 19.4 Å². The predicted molar refractivity (Wildman–Crippen MR) is 145 cm³/mol. The number of hydrogen-bond acceptors (Lipinski definition) is 11. The fourth-order valence-corrected chi connectivity index (χ4v) is 5.80. The monoisotopic (exact) mass is 592 g/mol. The number of halogens is 1. The number of esters is 1. The van der Waals surface area contributed by atoms with Gasteiger partial charge in [0.15, 0.2) is 17.5 Å². The van der Waals surface area contributed by atoms with Crippen LogP contribution in [-0.2, 0) is 23.4 Å². The van der Waals surface area contributed by atoms with Crippen molar-refractivity contribution in [2.24, 2.45) is 5.92 Å². The zero-order valence-corrected chi connectivity index (χ0v) is 23.7. The first kappa shape index (κ1) is 27.8. The van der Waals surface area contributed by atoms with Gasteiger partial charge < -0.3 is 24.2 Å². The summed E-state index contributed by atoms with van der Waals surface area (Å²) in [4.78, 5) is 25.0. The lowest BCUT2D eigenvalue weighted by molar-refractivity contribution is -0.151. The van der Waals surface area contributed by atoms with Gasteiger partial charge in [0.2, 0.25) is 0 Å². The smallest absolute Gasteiger partial charge is 0.380 e. The lowest BCUT2D eigenvalue weighted by Crippen LogP contribution is -2.46. The first-order valence-electron chi connectivity index (χ1n) is 13.7. The Morgan fingerprint density at radius 2 is 2.05 bits per heavy atom. The van der Waals surface area contributed by atoms with Crippen LogP contribution in [0.3, 0.4) is 0 Å². The van der Waals surface area contributed by atoms with Gasteiger partial charge in [0.25, 0.3) is 0 Å². The number of para-hydroxylation sites is 1. The molecule has 220 valence electrons. The molecule has 2 aromatic heterocycles. The molecule has 1 fully saturated rings. The summed E-state index contributed by atoms with van der Waals surface area (Å²) in [5, 5.41) is 22.8. The van der Waals surface area contributed by atoms with Crippen molar-refractivity contribution in [1.82, 2.24) is 19.5 Å². The molecule has 0 amide bonds. The Labute approximate surface area is 239 Å². The molecular formula is C27H32FN4O8P. The van der Waals surface area contributed by atoms with E-state index < -0.39 is 69.0 Å². The van der Waals surface area contributed by atoms with E-state index in [4.69, 9.17) is 21.3 Å². The molecular weight excluding hydrogens is 558 g/mol. The second-order valence-corrected chi connectivity index (χ2v) is 11.6. The zero-order valence-electron chi connectivity index (χ0n) is 24.8. The number of ether oxygens (including phenoxy) is 2. The molecule has 3 aromatic rings. The third-order valence-electron chi connectivity index (χ3n) is 5.98. The van der Waals surface area contributed by atoms with Gasteiger partial charge in [-0.1, -0.05) is 37.0 Å². The van der Waals surface area contributed by atoms with Crippen LogP contribution in [0.4, 0.5) is 4.39 Å². The van der Waals surface area contributed by atoms with E-state index in [1.807, 2.05) is 0 Å². The number of imidazole rings is 1. The van der Waals surface area contributed by atoms with Gasteiger partial charge in [-0.05, 0) is 32.9 Å². The summed E-state index contributed by atoms with van der Waals surface area (Å²) in [5.74, 6) is 2.91. The maximum atomic E-state index is 14.1. The predicted octanol–water partition coefficient (Wildman–Crippen LogP) is 2.97. The van der Waals surface area contributed by atoms with E-state index in [1.54, 1.807) is 39.0 Å². The van der Waals surface area contributed by atoms with Gasteiger partial charge in [-0.3, -0.25) is 13.9 Å². The quantitative estimate of drug-likeness (QED) is 0.203. The van der Waals surface area contributed by atoms with Crippen LogP contribution in [0.25, 0.3) is 11.2 Å². The Hall–Kier alpha value is -3.40. The van der Waals surface area contributed by atoms with E-state index in [-0.39, 0.29) is 16.9 Å². The van der Waals surface area contributed by atoms with Gasteiger partial charge in [0, 0.05) is 0 Å². The Morgan fingerprint density at radius 1 is 1.32 bits per heavy atom. The molecule has 0 aliphatic carbocycles. The zero-order chi connectivity index (χ0) is 31.6. The number of rotatable bonds is 10. The Balaban J connectivity index is 1.71. The van der Waals surface area contributed by atoms with E-state index in [2.05, 4.69) is 26.8 Å². The minimum absolute atomic E-state index is 0.0575. The van der Waals surface area contributed by atoms with Crippen LogP contribution >= 0.6 is 7.60 Å². The second kappa shape index (κ2) is 12.6. The molecule has 0 saturated carbocycles. The van der Waals surface area contributed by atoms with E-state index >= 15 is 0 Å². The number of benzene rings is 1. The number of nitrogens with zero attached hydrogens (tertiary/aromatic N) is 4. The molecule has 2 N–H and O–H groups in total. The standard InChI is InChI=1S/C27H32FN4O8P/c1-17(2)38-25(34)18(3)15-41(36,40-20-9-6-5-7-10-20)37-14-22-23(33)27(35,11-8-12-28)26(39-22)32-16-30-21-13-29-19(4)31-24(21)32/h5-7,9-10,13,16-18,22-23,26,33,35H,12,14-15H2,1-4H3/t18-,22-,23+,26-,27?,41+/m1/s1/i14D2. The highest BCUT2D eigenvalue weighted by Crippen LogP contribution is 2.51. The molecule has 4 rings (SSSR count). The number of fused-ring (bicyclic) bond motifs is 1. The van der Waals surface area contributed by atoms with E-state index in [0.717, 1.165) is 0 Å².